The third-order valence-corrected chi connectivity index (χ3v) is 3.26. The van der Waals surface area contributed by atoms with Gasteiger partial charge in [0.05, 0.1) is 6.07 Å². The van der Waals surface area contributed by atoms with Crippen LogP contribution in [0, 0.1) is 11.3 Å². The normalized spacial score (nSPS) is 10.4. The van der Waals surface area contributed by atoms with Crippen molar-refractivity contribution in [1.82, 2.24) is 9.47 Å². The Morgan fingerprint density at radius 2 is 2.16 bits per heavy atom. The number of nitrogens with zero attached hydrogens (tertiary/aromatic N) is 3. The maximum atomic E-state index is 11.8. The van der Waals surface area contributed by atoms with E-state index in [0.717, 1.165) is 11.1 Å². The molecule has 0 bridgehead atoms. The smallest absolute Gasteiger partial charge is 0.223 e. The summed E-state index contributed by atoms with van der Waals surface area (Å²) in [6.07, 6.45) is 2.62. The molecule has 0 spiro atoms. The van der Waals surface area contributed by atoms with Gasteiger partial charge in [0.25, 0.3) is 0 Å². The first-order valence-corrected chi connectivity index (χ1v) is 6.27. The van der Waals surface area contributed by atoms with Crippen molar-refractivity contribution in [2.75, 3.05) is 7.05 Å². The van der Waals surface area contributed by atoms with Crippen molar-refractivity contribution in [3.05, 3.63) is 36.0 Å². The number of aromatic nitrogens is 1. The molecular formula is C15H17N3O. The predicted molar refractivity (Wildman–Crippen MR) is 74.2 cm³/mol. The molecule has 4 nitrogen and oxygen atoms in total. The lowest BCUT2D eigenvalue weighted by atomic mass is 10.1. The van der Waals surface area contributed by atoms with E-state index in [9.17, 15) is 4.79 Å². The van der Waals surface area contributed by atoms with E-state index in [-0.39, 0.29) is 18.7 Å². The van der Waals surface area contributed by atoms with E-state index in [1.54, 1.807) is 11.9 Å². The van der Waals surface area contributed by atoms with Crippen LogP contribution >= 0.6 is 0 Å². The molecular weight excluding hydrogens is 238 g/mol. The molecule has 0 aliphatic heterocycles. The van der Waals surface area contributed by atoms with Gasteiger partial charge in [0.15, 0.2) is 0 Å². The minimum Gasteiger partial charge on any atom is -0.350 e. The van der Waals surface area contributed by atoms with Crippen molar-refractivity contribution in [3.8, 4) is 6.07 Å². The molecule has 2 aromatic rings. The monoisotopic (exact) mass is 255 g/mol. The number of nitriles is 1. The molecule has 0 atom stereocenters. The number of rotatable bonds is 4. The van der Waals surface area contributed by atoms with E-state index >= 15 is 0 Å². The Morgan fingerprint density at radius 1 is 1.42 bits per heavy atom. The van der Waals surface area contributed by atoms with Crippen LogP contribution in [0.3, 0.4) is 0 Å². The van der Waals surface area contributed by atoms with Crippen molar-refractivity contribution in [2.24, 2.45) is 7.05 Å². The summed E-state index contributed by atoms with van der Waals surface area (Å²) in [5, 5.41) is 9.68. The average Bonchev–Trinajstić information content (AvgIpc) is 2.73. The first-order chi connectivity index (χ1) is 9.13. The molecule has 0 N–H and O–H groups in total. The molecule has 1 amide bonds. The standard InChI is InChI=1S/C15H17N3O/c1-17-10-12(13-6-3-4-7-14(13)17)11-18(2)15(19)8-5-9-16/h3-4,6-7,10H,5,8,11H2,1-2H3. The van der Waals surface area contributed by atoms with Crippen LogP contribution in [0.25, 0.3) is 10.9 Å². The number of carbonyl (C=O) groups is 1. The van der Waals surface area contributed by atoms with E-state index in [4.69, 9.17) is 5.26 Å². The molecule has 19 heavy (non-hydrogen) atoms. The SMILES string of the molecule is CN(Cc1cn(C)c2ccccc12)C(=O)CCC#N. The molecule has 0 radical (unpaired) electrons. The highest BCUT2D eigenvalue weighted by Crippen LogP contribution is 2.21. The van der Waals surface area contributed by atoms with Gasteiger partial charge in [-0.15, -0.1) is 0 Å². The molecule has 0 saturated carbocycles. The quantitative estimate of drug-likeness (QED) is 0.842. The van der Waals surface area contributed by atoms with Crippen molar-refractivity contribution in [2.45, 2.75) is 19.4 Å². The number of benzene rings is 1. The molecule has 0 unspecified atom stereocenters. The van der Waals surface area contributed by atoms with Crippen molar-refractivity contribution in [3.63, 3.8) is 0 Å². The summed E-state index contributed by atoms with van der Waals surface area (Å²) in [4.78, 5) is 13.5. The molecule has 1 aromatic heterocycles. The Kier molecular flexibility index (Phi) is 3.86. The largest absolute Gasteiger partial charge is 0.350 e. The number of aryl methyl sites for hydroxylation is 1. The fourth-order valence-corrected chi connectivity index (χ4v) is 2.25. The van der Waals surface area contributed by atoms with Gasteiger partial charge in [-0.05, 0) is 11.6 Å². The minimum atomic E-state index is 0.00878. The highest BCUT2D eigenvalue weighted by molar-refractivity contribution is 5.84. The van der Waals surface area contributed by atoms with Gasteiger partial charge in [-0.2, -0.15) is 5.26 Å². The third kappa shape index (κ3) is 2.76. The maximum Gasteiger partial charge on any atom is 0.223 e. The van der Waals surface area contributed by atoms with E-state index in [0.29, 0.717) is 6.54 Å². The Hall–Kier alpha value is -2.28. The molecule has 2 rings (SSSR count). The molecule has 4 heteroatoms. The summed E-state index contributed by atoms with van der Waals surface area (Å²) in [6, 6.07) is 10.1. The maximum absolute atomic E-state index is 11.8. The summed E-state index contributed by atoms with van der Waals surface area (Å²) >= 11 is 0. The highest BCUT2D eigenvalue weighted by Gasteiger charge is 2.12. The predicted octanol–water partition coefficient (Wildman–Crippen LogP) is 2.44. The molecule has 0 saturated heterocycles. The summed E-state index contributed by atoms with van der Waals surface area (Å²) in [5.74, 6) is 0.00878. The Balaban J connectivity index is 2.18. The minimum absolute atomic E-state index is 0.00878. The van der Waals surface area contributed by atoms with Gasteiger partial charge in [0.2, 0.25) is 5.91 Å². The van der Waals surface area contributed by atoms with Gasteiger partial charge in [-0.1, -0.05) is 18.2 Å². The first-order valence-electron chi connectivity index (χ1n) is 6.27. The number of hydrogen-bond donors (Lipinski definition) is 0. The van der Waals surface area contributed by atoms with Gasteiger partial charge < -0.3 is 9.47 Å². The first kappa shape index (κ1) is 13.2. The van der Waals surface area contributed by atoms with Crippen molar-refractivity contribution < 1.29 is 4.79 Å². The number of para-hydroxylation sites is 1. The molecule has 0 aliphatic rings. The van der Waals surface area contributed by atoms with E-state index in [1.165, 1.54) is 5.39 Å². The third-order valence-electron chi connectivity index (χ3n) is 3.26. The summed E-state index contributed by atoms with van der Waals surface area (Å²) in [5.41, 5.74) is 2.29. The lowest BCUT2D eigenvalue weighted by Crippen LogP contribution is -2.25. The van der Waals surface area contributed by atoms with Crippen LogP contribution in [0.15, 0.2) is 30.5 Å². The zero-order valence-corrected chi connectivity index (χ0v) is 11.3. The van der Waals surface area contributed by atoms with Crippen LogP contribution in [0.2, 0.25) is 0 Å². The average molecular weight is 255 g/mol. The van der Waals surface area contributed by atoms with E-state index in [1.807, 2.05) is 25.2 Å². The summed E-state index contributed by atoms with van der Waals surface area (Å²) in [7, 11) is 3.78. The zero-order valence-electron chi connectivity index (χ0n) is 11.3. The molecule has 0 fully saturated rings. The molecule has 1 heterocycles. The molecule has 0 aliphatic carbocycles. The van der Waals surface area contributed by atoms with Gasteiger partial charge in [0, 0.05) is 50.6 Å². The van der Waals surface area contributed by atoms with Crippen LogP contribution in [-0.2, 0) is 18.4 Å². The summed E-state index contributed by atoms with van der Waals surface area (Å²) in [6.45, 7) is 0.575. The van der Waals surface area contributed by atoms with Crippen LogP contribution in [0.1, 0.15) is 18.4 Å². The lowest BCUT2D eigenvalue weighted by molar-refractivity contribution is -0.130. The molecule has 1 aromatic carbocycles. The van der Waals surface area contributed by atoms with Gasteiger partial charge >= 0.3 is 0 Å². The van der Waals surface area contributed by atoms with Crippen molar-refractivity contribution >= 4 is 16.8 Å². The van der Waals surface area contributed by atoms with Gasteiger partial charge in [-0.25, -0.2) is 0 Å². The van der Waals surface area contributed by atoms with Gasteiger partial charge in [0.1, 0.15) is 0 Å². The topological polar surface area (TPSA) is 49.0 Å². The fourth-order valence-electron chi connectivity index (χ4n) is 2.25. The van der Waals surface area contributed by atoms with Crippen molar-refractivity contribution in [1.29, 1.82) is 5.26 Å². The Morgan fingerprint density at radius 3 is 2.89 bits per heavy atom. The highest BCUT2D eigenvalue weighted by atomic mass is 16.2. The van der Waals surface area contributed by atoms with E-state index in [2.05, 4.69) is 22.9 Å². The number of amides is 1. The second kappa shape index (κ2) is 5.57. The number of fused-ring (bicyclic) bond motifs is 1. The Bertz CT molecular complexity index is 636. The molecule has 98 valence electrons. The lowest BCUT2D eigenvalue weighted by Gasteiger charge is -2.16. The van der Waals surface area contributed by atoms with E-state index < -0.39 is 0 Å². The fraction of sp³-hybridized carbons (Fsp3) is 0.333. The number of carbonyl (C=O) groups excluding carboxylic acids is 1. The zero-order chi connectivity index (χ0) is 13.8. The number of hydrogen-bond acceptors (Lipinski definition) is 2. The van der Waals surface area contributed by atoms with Crippen LogP contribution in [-0.4, -0.2) is 22.4 Å². The van der Waals surface area contributed by atoms with Crippen LogP contribution < -0.4 is 0 Å². The second-order valence-corrected chi connectivity index (χ2v) is 4.69. The summed E-state index contributed by atoms with van der Waals surface area (Å²) < 4.78 is 2.07. The van der Waals surface area contributed by atoms with Crippen LogP contribution in [0.4, 0.5) is 0 Å². The second-order valence-electron chi connectivity index (χ2n) is 4.69. The van der Waals surface area contributed by atoms with Crippen LogP contribution in [0.5, 0.6) is 0 Å². The Labute approximate surface area is 112 Å². The van der Waals surface area contributed by atoms with Gasteiger partial charge in [-0.3, -0.25) is 4.79 Å².